The minimum absolute atomic E-state index is 0.722. The van der Waals surface area contributed by atoms with Gasteiger partial charge in [-0.1, -0.05) is 42.5 Å². The summed E-state index contributed by atoms with van der Waals surface area (Å²) in [4.78, 5) is 4.83. The van der Waals surface area contributed by atoms with Crippen LogP contribution in [-0.2, 0) is 0 Å². The molecule has 2 heterocycles. The van der Waals surface area contributed by atoms with E-state index in [0.717, 1.165) is 49.8 Å². The van der Waals surface area contributed by atoms with Gasteiger partial charge in [0.15, 0.2) is 0 Å². The third-order valence-electron chi connectivity index (χ3n) is 4.43. The maximum atomic E-state index is 6.22. The van der Waals surface area contributed by atoms with E-state index in [1.807, 2.05) is 48.5 Å². The van der Waals surface area contributed by atoms with Crippen LogP contribution in [0.2, 0.25) is 0 Å². The normalized spacial score (nSPS) is 11.5. The summed E-state index contributed by atoms with van der Waals surface area (Å²) in [6, 6.07) is 24.1. The molecule has 0 radical (unpaired) electrons. The summed E-state index contributed by atoms with van der Waals surface area (Å²) in [6.07, 6.45) is 0. The third kappa shape index (κ3) is 1.82. The lowest BCUT2D eigenvalue weighted by Crippen LogP contribution is -1.88. The molecule has 0 atom stereocenters. The fraction of sp³-hybridized carbons (Fsp3) is 0. The van der Waals surface area contributed by atoms with Crippen molar-refractivity contribution >= 4 is 38.5 Å². The van der Waals surface area contributed by atoms with E-state index in [1.54, 1.807) is 0 Å². The zero-order chi connectivity index (χ0) is 16.1. The van der Waals surface area contributed by atoms with Gasteiger partial charge in [-0.15, -0.1) is 0 Å². The van der Waals surface area contributed by atoms with E-state index in [2.05, 4.69) is 24.3 Å². The average molecular weight is 310 g/mol. The molecule has 0 spiro atoms. The summed E-state index contributed by atoms with van der Waals surface area (Å²) >= 11 is 0. The highest BCUT2D eigenvalue weighted by atomic mass is 16.3. The van der Waals surface area contributed by atoms with Gasteiger partial charge in [0.2, 0.25) is 0 Å². The Morgan fingerprint density at radius 1 is 0.708 bits per heavy atom. The molecule has 5 rings (SSSR count). The Kier molecular flexibility index (Phi) is 2.65. The van der Waals surface area contributed by atoms with E-state index in [9.17, 15) is 0 Å². The zero-order valence-corrected chi connectivity index (χ0v) is 12.9. The van der Waals surface area contributed by atoms with Gasteiger partial charge < -0.3 is 10.2 Å². The number of benzene rings is 3. The van der Waals surface area contributed by atoms with Gasteiger partial charge in [-0.05, 0) is 30.3 Å². The van der Waals surface area contributed by atoms with Crippen molar-refractivity contribution in [3.63, 3.8) is 0 Å². The van der Waals surface area contributed by atoms with Crippen molar-refractivity contribution in [2.24, 2.45) is 0 Å². The van der Waals surface area contributed by atoms with E-state index in [0.29, 0.717) is 0 Å². The minimum Gasteiger partial charge on any atom is -0.456 e. The van der Waals surface area contributed by atoms with Gasteiger partial charge in [-0.2, -0.15) is 0 Å². The van der Waals surface area contributed by atoms with Crippen LogP contribution in [0.4, 0.5) is 5.69 Å². The molecule has 0 unspecified atom stereocenters. The summed E-state index contributed by atoms with van der Waals surface area (Å²) in [5.41, 5.74) is 11.5. The van der Waals surface area contributed by atoms with E-state index >= 15 is 0 Å². The van der Waals surface area contributed by atoms with Crippen LogP contribution >= 0.6 is 0 Å². The van der Waals surface area contributed by atoms with Crippen LogP contribution in [0.1, 0.15) is 0 Å². The summed E-state index contributed by atoms with van der Waals surface area (Å²) in [7, 11) is 0. The lowest BCUT2D eigenvalue weighted by atomic mass is 10.0. The number of nitrogen functional groups attached to an aromatic ring is 1. The number of anilines is 1. The smallest absolute Gasteiger partial charge is 0.137 e. The Bertz CT molecular complexity index is 1220. The van der Waals surface area contributed by atoms with Crippen molar-refractivity contribution in [1.82, 2.24) is 4.98 Å². The van der Waals surface area contributed by atoms with E-state index in [-0.39, 0.29) is 0 Å². The second-order valence-electron chi connectivity index (χ2n) is 5.89. The predicted molar refractivity (Wildman–Crippen MR) is 98.9 cm³/mol. The zero-order valence-electron chi connectivity index (χ0n) is 12.9. The lowest BCUT2D eigenvalue weighted by molar-refractivity contribution is 0.669. The number of fused-ring (bicyclic) bond motifs is 4. The molecule has 0 fully saturated rings. The Morgan fingerprint density at radius 3 is 2.42 bits per heavy atom. The molecule has 0 aliphatic rings. The van der Waals surface area contributed by atoms with Crippen molar-refractivity contribution in [3.8, 4) is 11.3 Å². The Labute approximate surface area is 138 Å². The molecular formula is C21H14N2O. The van der Waals surface area contributed by atoms with E-state index < -0.39 is 0 Å². The number of furan rings is 1. The predicted octanol–water partition coefficient (Wildman–Crippen LogP) is 5.38. The average Bonchev–Trinajstić information content (AvgIpc) is 3.01. The standard InChI is InChI=1S/C21H14N2O/c22-15-7-4-10-19-21(15)20-14(6-3-9-18(20)24-19)17-12-11-13-5-1-2-8-16(13)23-17/h1-12H,22H2. The van der Waals surface area contributed by atoms with Crippen LogP contribution in [0.5, 0.6) is 0 Å². The summed E-state index contributed by atoms with van der Waals surface area (Å²) in [5, 5.41) is 3.11. The van der Waals surface area contributed by atoms with Gasteiger partial charge in [-0.3, -0.25) is 0 Å². The molecule has 2 aromatic heterocycles. The number of rotatable bonds is 1. The van der Waals surface area contributed by atoms with E-state index in [4.69, 9.17) is 15.1 Å². The van der Waals surface area contributed by atoms with Crippen molar-refractivity contribution in [2.45, 2.75) is 0 Å². The van der Waals surface area contributed by atoms with Crippen LogP contribution in [0.25, 0.3) is 44.1 Å². The molecule has 0 saturated carbocycles. The third-order valence-corrected chi connectivity index (χ3v) is 4.43. The molecule has 0 amide bonds. The van der Waals surface area contributed by atoms with Crippen LogP contribution in [0.15, 0.2) is 77.2 Å². The van der Waals surface area contributed by atoms with Crippen LogP contribution < -0.4 is 5.73 Å². The Morgan fingerprint density at radius 2 is 1.50 bits per heavy atom. The van der Waals surface area contributed by atoms with Crippen molar-refractivity contribution < 1.29 is 4.42 Å². The quantitative estimate of drug-likeness (QED) is 0.423. The first-order valence-electron chi connectivity index (χ1n) is 7.87. The Balaban J connectivity index is 1.89. The largest absolute Gasteiger partial charge is 0.456 e. The number of hydrogen-bond donors (Lipinski definition) is 1. The van der Waals surface area contributed by atoms with Crippen LogP contribution in [0, 0.1) is 0 Å². The van der Waals surface area contributed by atoms with E-state index in [1.165, 1.54) is 0 Å². The van der Waals surface area contributed by atoms with Gasteiger partial charge >= 0.3 is 0 Å². The first-order valence-corrected chi connectivity index (χ1v) is 7.87. The summed E-state index contributed by atoms with van der Waals surface area (Å²) in [5.74, 6) is 0. The molecule has 0 saturated heterocycles. The SMILES string of the molecule is Nc1cccc2oc3cccc(-c4ccc5ccccc5n4)c3c12. The maximum absolute atomic E-state index is 6.22. The molecule has 3 aromatic carbocycles. The number of nitrogens with two attached hydrogens (primary N) is 1. The molecule has 0 bridgehead atoms. The van der Waals surface area contributed by atoms with Gasteiger partial charge in [0.1, 0.15) is 11.2 Å². The van der Waals surface area contributed by atoms with Crippen LogP contribution in [-0.4, -0.2) is 4.98 Å². The van der Waals surface area contributed by atoms with Gasteiger partial charge in [0.25, 0.3) is 0 Å². The second kappa shape index (κ2) is 4.83. The molecule has 3 nitrogen and oxygen atoms in total. The highest BCUT2D eigenvalue weighted by molar-refractivity contribution is 6.16. The van der Waals surface area contributed by atoms with Gasteiger partial charge in [0, 0.05) is 22.0 Å². The van der Waals surface area contributed by atoms with Gasteiger partial charge in [-0.25, -0.2) is 4.98 Å². The number of para-hydroxylation sites is 1. The summed E-state index contributed by atoms with van der Waals surface area (Å²) < 4.78 is 5.98. The maximum Gasteiger partial charge on any atom is 0.137 e. The second-order valence-corrected chi connectivity index (χ2v) is 5.89. The van der Waals surface area contributed by atoms with Crippen LogP contribution in [0.3, 0.4) is 0 Å². The highest BCUT2D eigenvalue weighted by Gasteiger charge is 2.15. The summed E-state index contributed by atoms with van der Waals surface area (Å²) in [6.45, 7) is 0. The first-order chi connectivity index (χ1) is 11.8. The number of nitrogens with zero attached hydrogens (tertiary/aromatic N) is 1. The molecular weight excluding hydrogens is 296 g/mol. The topological polar surface area (TPSA) is 52.0 Å². The fourth-order valence-electron chi connectivity index (χ4n) is 3.32. The monoisotopic (exact) mass is 310 g/mol. The van der Waals surface area contributed by atoms with Crippen molar-refractivity contribution in [2.75, 3.05) is 5.73 Å². The highest BCUT2D eigenvalue weighted by Crippen LogP contribution is 2.38. The van der Waals surface area contributed by atoms with Gasteiger partial charge in [0.05, 0.1) is 16.6 Å². The number of pyridine rings is 1. The minimum atomic E-state index is 0.722. The molecule has 3 heteroatoms. The lowest BCUT2D eigenvalue weighted by Gasteiger charge is -2.05. The Hall–Kier alpha value is -3.33. The van der Waals surface area contributed by atoms with Crippen molar-refractivity contribution in [1.29, 1.82) is 0 Å². The number of aromatic nitrogens is 1. The van der Waals surface area contributed by atoms with Crippen molar-refractivity contribution in [3.05, 3.63) is 72.8 Å². The fourth-order valence-corrected chi connectivity index (χ4v) is 3.32. The number of hydrogen-bond acceptors (Lipinski definition) is 3. The molecule has 114 valence electrons. The molecule has 0 aliphatic heterocycles. The molecule has 2 N–H and O–H groups in total. The molecule has 24 heavy (non-hydrogen) atoms. The first kappa shape index (κ1) is 13.1. The molecule has 5 aromatic rings. The molecule has 0 aliphatic carbocycles.